The Morgan fingerprint density at radius 1 is 1.44 bits per heavy atom. The maximum Gasteiger partial charge on any atom is 0.337 e. The molecule has 0 heterocycles. The molecule has 6 nitrogen and oxygen atoms in total. The Balaban J connectivity index is 4.12. The first-order valence-corrected chi connectivity index (χ1v) is 5.16. The molecule has 16 heavy (non-hydrogen) atoms. The molecule has 0 aromatic rings. The summed E-state index contributed by atoms with van der Waals surface area (Å²) in [7, 11) is 0. The fourth-order valence-electron chi connectivity index (χ4n) is 1.08. The van der Waals surface area contributed by atoms with Crippen LogP contribution in [0.1, 0.15) is 27.2 Å². The summed E-state index contributed by atoms with van der Waals surface area (Å²) in [6.07, 6.45) is 0.515. The number of rotatable bonds is 6. The van der Waals surface area contributed by atoms with Crippen LogP contribution < -0.4 is 11.1 Å². The Hall–Kier alpha value is -1.14. The molecule has 0 aliphatic rings. The smallest absolute Gasteiger partial charge is 0.337 e. The largest absolute Gasteiger partial charge is 0.479 e. The summed E-state index contributed by atoms with van der Waals surface area (Å²) in [6.45, 7) is 4.62. The maximum absolute atomic E-state index is 11.4. The van der Waals surface area contributed by atoms with Crippen LogP contribution in [0, 0.1) is 5.92 Å². The molecule has 0 aliphatic heterocycles. The minimum absolute atomic E-state index is 0.278. The molecule has 2 unspecified atom stereocenters. The van der Waals surface area contributed by atoms with E-state index in [0.29, 0.717) is 6.42 Å². The molecule has 0 rings (SSSR count). The molecule has 5 N–H and O–H groups in total. The average Bonchev–Trinajstić information content (AvgIpc) is 2.12. The lowest BCUT2D eigenvalue weighted by molar-refractivity contribution is -0.156. The number of hydrogen-bond donors (Lipinski definition) is 4. The van der Waals surface area contributed by atoms with Crippen LogP contribution in [0.2, 0.25) is 0 Å². The third-order valence-corrected chi connectivity index (χ3v) is 2.13. The van der Waals surface area contributed by atoms with Gasteiger partial charge in [-0.1, -0.05) is 13.8 Å². The molecular weight excluding hydrogens is 212 g/mol. The second-order valence-electron chi connectivity index (χ2n) is 4.53. The summed E-state index contributed by atoms with van der Waals surface area (Å²) in [5.41, 5.74) is 3.62. The van der Waals surface area contributed by atoms with Gasteiger partial charge in [0.2, 0.25) is 5.91 Å². The van der Waals surface area contributed by atoms with Gasteiger partial charge < -0.3 is 21.3 Å². The van der Waals surface area contributed by atoms with Crippen LogP contribution in [0.3, 0.4) is 0 Å². The average molecular weight is 232 g/mol. The second kappa shape index (κ2) is 5.81. The molecule has 1 amide bonds. The van der Waals surface area contributed by atoms with Crippen LogP contribution in [-0.2, 0) is 9.59 Å². The number of nitrogens with two attached hydrogens (primary N) is 1. The number of carboxylic acid groups (broad SMARTS) is 1. The number of hydrogen-bond acceptors (Lipinski definition) is 4. The van der Waals surface area contributed by atoms with E-state index < -0.39 is 23.5 Å². The quantitative estimate of drug-likeness (QED) is 0.484. The number of aliphatic carboxylic acids is 1. The van der Waals surface area contributed by atoms with Gasteiger partial charge in [-0.25, -0.2) is 4.79 Å². The third-order valence-electron chi connectivity index (χ3n) is 2.13. The Bertz CT molecular complexity index is 264. The van der Waals surface area contributed by atoms with E-state index in [1.807, 2.05) is 13.8 Å². The van der Waals surface area contributed by atoms with Crippen molar-refractivity contribution in [3.05, 3.63) is 0 Å². The van der Waals surface area contributed by atoms with Gasteiger partial charge in [0, 0.05) is 0 Å². The van der Waals surface area contributed by atoms with Gasteiger partial charge in [-0.15, -0.1) is 0 Å². The molecular formula is C10H20N2O4. The summed E-state index contributed by atoms with van der Waals surface area (Å²) >= 11 is 0. The Kier molecular flexibility index (Phi) is 5.40. The van der Waals surface area contributed by atoms with Crippen molar-refractivity contribution in [2.45, 2.75) is 38.8 Å². The molecule has 0 aromatic heterocycles. The van der Waals surface area contributed by atoms with Crippen molar-refractivity contribution in [3.8, 4) is 0 Å². The van der Waals surface area contributed by atoms with Crippen molar-refractivity contribution in [2.24, 2.45) is 11.7 Å². The zero-order chi connectivity index (χ0) is 12.9. The van der Waals surface area contributed by atoms with E-state index in [9.17, 15) is 14.7 Å². The first kappa shape index (κ1) is 14.9. The minimum atomic E-state index is -1.97. The highest BCUT2D eigenvalue weighted by Gasteiger charge is 2.30. The lowest BCUT2D eigenvalue weighted by Gasteiger charge is -2.20. The lowest BCUT2D eigenvalue weighted by Crippen LogP contribution is -2.50. The molecule has 0 saturated heterocycles. The molecule has 0 aromatic carbocycles. The Morgan fingerprint density at radius 3 is 2.31 bits per heavy atom. The normalized spacial score (nSPS) is 16.6. The maximum atomic E-state index is 11.4. The first-order valence-electron chi connectivity index (χ1n) is 5.16. The van der Waals surface area contributed by atoms with Crippen molar-refractivity contribution in [1.82, 2.24) is 5.32 Å². The number of carbonyl (C=O) groups excluding carboxylic acids is 1. The summed E-state index contributed by atoms with van der Waals surface area (Å²) < 4.78 is 0. The fourth-order valence-corrected chi connectivity index (χ4v) is 1.08. The highest BCUT2D eigenvalue weighted by molar-refractivity contribution is 5.83. The van der Waals surface area contributed by atoms with Gasteiger partial charge in [-0.05, 0) is 19.3 Å². The molecule has 0 fully saturated rings. The zero-order valence-corrected chi connectivity index (χ0v) is 9.86. The summed E-state index contributed by atoms with van der Waals surface area (Å²) in [6, 6.07) is -0.676. The van der Waals surface area contributed by atoms with E-state index in [-0.39, 0.29) is 12.5 Å². The van der Waals surface area contributed by atoms with E-state index >= 15 is 0 Å². The number of carboxylic acids is 1. The third kappa shape index (κ3) is 5.09. The van der Waals surface area contributed by atoms with Crippen LogP contribution >= 0.6 is 0 Å². The van der Waals surface area contributed by atoms with Crippen molar-refractivity contribution in [3.63, 3.8) is 0 Å². The highest BCUT2D eigenvalue weighted by atomic mass is 16.4. The van der Waals surface area contributed by atoms with Crippen LogP contribution in [0.5, 0.6) is 0 Å². The van der Waals surface area contributed by atoms with Gasteiger partial charge in [0.15, 0.2) is 5.60 Å². The fraction of sp³-hybridized carbons (Fsp3) is 0.800. The highest BCUT2D eigenvalue weighted by Crippen LogP contribution is 2.04. The number of amides is 1. The zero-order valence-electron chi connectivity index (χ0n) is 9.86. The van der Waals surface area contributed by atoms with Crippen LogP contribution in [0.15, 0.2) is 0 Å². The van der Waals surface area contributed by atoms with Gasteiger partial charge in [-0.3, -0.25) is 4.79 Å². The van der Waals surface area contributed by atoms with Gasteiger partial charge in [0.1, 0.15) is 0 Å². The standard InChI is InChI=1S/C10H20N2O4/c1-6(2)4-7(11)8(13)12-5-10(3,16)9(14)15/h6-7,16H,4-5,11H2,1-3H3,(H,12,13)(H,14,15). The van der Waals surface area contributed by atoms with Crippen molar-refractivity contribution in [1.29, 1.82) is 0 Å². The van der Waals surface area contributed by atoms with Crippen molar-refractivity contribution < 1.29 is 19.8 Å². The lowest BCUT2D eigenvalue weighted by atomic mass is 10.0. The van der Waals surface area contributed by atoms with Crippen LogP contribution in [0.4, 0.5) is 0 Å². The van der Waals surface area contributed by atoms with Crippen LogP contribution in [-0.4, -0.2) is 40.3 Å². The molecule has 94 valence electrons. The summed E-state index contributed by atoms with van der Waals surface area (Å²) in [5, 5.41) is 20.3. The van der Waals surface area contributed by atoms with Crippen LogP contribution in [0.25, 0.3) is 0 Å². The summed E-state index contributed by atoms with van der Waals surface area (Å²) in [5.74, 6) is -1.55. The number of aliphatic hydroxyl groups is 1. The number of carbonyl (C=O) groups is 2. The topological polar surface area (TPSA) is 113 Å². The Morgan fingerprint density at radius 2 is 1.94 bits per heavy atom. The SMILES string of the molecule is CC(C)CC(N)C(=O)NCC(C)(O)C(=O)O. The Labute approximate surface area is 94.8 Å². The van der Waals surface area contributed by atoms with Gasteiger partial charge >= 0.3 is 5.97 Å². The van der Waals surface area contributed by atoms with Gasteiger partial charge in [-0.2, -0.15) is 0 Å². The minimum Gasteiger partial charge on any atom is -0.479 e. The van der Waals surface area contributed by atoms with E-state index in [4.69, 9.17) is 10.8 Å². The number of nitrogens with one attached hydrogen (secondary N) is 1. The van der Waals surface area contributed by atoms with E-state index in [2.05, 4.69) is 5.32 Å². The summed E-state index contributed by atoms with van der Waals surface area (Å²) in [4.78, 5) is 22.0. The predicted molar refractivity (Wildman–Crippen MR) is 58.7 cm³/mol. The van der Waals surface area contributed by atoms with Crippen molar-refractivity contribution >= 4 is 11.9 Å². The molecule has 0 aliphatic carbocycles. The van der Waals surface area contributed by atoms with E-state index in [1.165, 1.54) is 0 Å². The predicted octanol–water partition coefficient (Wildman–Crippen LogP) is -0.688. The van der Waals surface area contributed by atoms with E-state index in [1.54, 1.807) is 0 Å². The molecule has 2 atom stereocenters. The van der Waals surface area contributed by atoms with E-state index in [0.717, 1.165) is 6.92 Å². The molecule has 0 saturated carbocycles. The molecule has 0 spiro atoms. The molecule has 0 bridgehead atoms. The first-order chi connectivity index (χ1) is 7.16. The second-order valence-corrected chi connectivity index (χ2v) is 4.53. The van der Waals surface area contributed by atoms with Gasteiger partial charge in [0.25, 0.3) is 0 Å². The molecule has 6 heteroatoms. The monoisotopic (exact) mass is 232 g/mol. The van der Waals surface area contributed by atoms with Crippen molar-refractivity contribution in [2.75, 3.05) is 6.54 Å². The van der Waals surface area contributed by atoms with Gasteiger partial charge in [0.05, 0.1) is 12.6 Å². The molecule has 0 radical (unpaired) electrons.